The van der Waals surface area contributed by atoms with E-state index in [-0.39, 0.29) is 79.3 Å². The van der Waals surface area contributed by atoms with Crippen LogP contribution in [-0.2, 0) is 28.4 Å². The van der Waals surface area contributed by atoms with E-state index in [1.54, 1.807) is 0 Å². The number of nitrogens with two attached hydrogens (primary N) is 6. The maximum atomic E-state index is 14.2. The van der Waals surface area contributed by atoms with E-state index in [2.05, 4.69) is 121 Å². The Bertz CT molecular complexity index is 7540. The summed E-state index contributed by atoms with van der Waals surface area (Å²) in [5.74, 6) is 11.7. The normalized spacial score (nSPS) is 31.7. The van der Waals surface area contributed by atoms with Crippen molar-refractivity contribution in [3.63, 3.8) is 0 Å². The molecule has 140 heavy (non-hydrogen) atoms. The lowest BCUT2D eigenvalue weighted by Crippen LogP contribution is -2.47. The van der Waals surface area contributed by atoms with Crippen LogP contribution >= 0.6 is 81.8 Å². The Morgan fingerprint density at radius 2 is 0.736 bits per heavy atom. The summed E-state index contributed by atoms with van der Waals surface area (Å²) in [6.07, 6.45) is -20.7. The molecular weight excluding hydrogens is 2010 g/mol. The first-order chi connectivity index (χ1) is 68.2. The van der Waals surface area contributed by atoms with Crippen molar-refractivity contribution in [2.24, 2.45) is 0 Å². The molecule has 0 aliphatic carbocycles. The average Bonchev–Trinajstić information content (AvgIpc) is 1.58. The number of halogens is 7. The number of nitrogen functional groups attached to an aromatic ring is 6. The van der Waals surface area contributed by atoms with Gasteiger partial charge < -0.3 is 169 Å². The Labute approximate surface area is 823 Å². The van der Waals surface area contributed by atoms with Gasteiger partial charge >= 0.3 is 0 Å². The Morgan fingerprint density at radius 1 is 0.429 bits per heavy atom. The Kier molecular flexibility index (Phi) is 28.8. The predicted octanol–water partition coefficient (Wildman–Crippen LogP) is -6.80. The zero-order valence-corrected chi connectivity index (χ0v) is 76.1. The van der Waals surface area contributed by atoms with Crippen molar-refractivity contribution in [2.75, 3.05) is 54.1 Å². The number of hydrogen-bond donors (Lipinski definition) is 28. The van der Waals surface area contributed by atoms with Crippen LogP contribution in [0.25, 0.3) is 66.6 Å². The van der Waals surface area contributed by atoms with Crippen molar-refractivity contribution in [1.29, 1.82) is 0 Å². The van der Waals surface area contributed by atoms with Gasteiger partial charge in [0.15, 0.2) is 82.0 Å². The van der Waals surface area contributed by atoms with E-state index in [4.69, 9.17) is 153 Å². The van der Waals surface area contributed by atoms with Crippen molar-refractivity contribution in [2.45, 2.75) is 183 Å². The van der Waals surface area contributed by atoms with Gasteiger partial charge in [-0.3, -0.25) is 47.6 Å². The van der Waals surface area contributed by atoms with Gasteiger partial charge in [-0.1, -0.05) is 12.2 Å². The second-order valence-electron chi connectivity index (χ2n) is 30.9. The molecule has 18 heterocycles. The summed E-state index contributed by atoms with van der Waals surface area (Å²) in [5, 5.41) is 196. The molecule has 744 valence electrons. The fourth-order valence-corrected chi connectivity index (χ4v) is 16.7. The third kappa shape index (κ3) is 19.1. The van der Waals surface area contributed by atoms with Crippen molar-refractivity contribution in [3.05, 3.63) is 104 Å². The summed E-state index contributed by atoms with van der Waals surface area (Å²) < 4.78 is 98.4. The van der Waals surface area contributed by atoms with Crippen LogP contribution < -0.4 is 51.1 Å². The maximum absolute atomic E-state index is 14.2. The third-order valence-corrected chi connectivity index (χ3v) is 23.1. The van der Waals surface area contributed by atoms with Gasteiger partial charge in [-0.25, -0.2) is 34.3 Å². The lowest BCUT2D eigenvalue weighted by atomic mass is 9.93. The highest BCUT2D eigenvalue weighted by atomic mass is 35.5. The smallest absolute Gasteiger partial charge is 0.264 e. The number of nitrogens with one attached hydrogen (secondary N) is 4. The molecule has 12 aromatic rings. The van der Waals surface area contributed by atoms with Crippen LogP contribution in [0.1, 0.15) is 66.4 Å². The van der Waals surface area contributed by atoms with Crippen molar-refractivity contribution in [1.82, 2.24) is 102 Å². The van der Waals surface area contributed by atoms with Gasteiger partial charge in [-0.15, -0.1) is 0 Å². The Morgan fingerprint density at radius 3 is 1.09 bits per heavy atom. The molecule has 0 saturated carbocycles. The highest BCUT2D eigenvalue weighted by molar-refractivity contribution is 7.71. The van der Waals surface area contributed by atoms with Gasteiger partial charge in [-0.05, 0) is 138 Å². The summed E-state index contributed by atoms with van der Waals surface area (Å²) >= 11 is 37.4. The van der Waals surface area contributed by atoms with Gasteiger partial charge in [0.05, 0.1) is 88.4 Å². The molecule has 0 bridgehead atoms. The van der Waals surface area contributed by atoms with Gasteiger partial charge in [0.2, 0.25) is 63.3 Å². The molecule has 18 rings (SSSR count). The molecule has 12 aromatic heterocycles. The van der Waals surface area contributed by atoms with E-state index >= 15 is 0 Å². The topological polar surface area (TPSA) is 861 Å². The molecule has 6 unspecified atom stereocenters. The van der Waals surface area contributed by atoms with Gasteiger partial charge in [0.25, 0.3) is 16.7 Å². The fraction of sp³-hybridized carbons (Fsp3) is 0.423. The molecule has 0 aromatic carbocycles. The largest absolute Gasteiger partial charge is 0.394 e. The summed E-state index contributed by atoms with van der Waals surface area (Å²) in [6.45, 7) is -4.76. The number of ether oxygens (including phenoxy) is 6. The number of anilines is 6. The summed E-state index contributed by atoms with van der Waals surface area (Å²) in [7, 11) is 0. The van der Waals surface area contributed by atoms with Crippen LogP contribution in [0.3, 0.4) is 0 Å². The molecular formula is C78H80Cl6FN27O27S. The van der Waals surface area contributed by atoms with Crippen LogP contribution in [-0.4, -0.2) is 339 Å². The minimum absolute atomic E-state index is 0.00685. The van der Waals surface area contributed by atoms with E-state index in [0.717, 1.165) is 15.3 Å². The van der Waals surface area contributed by atoms with Crippen LogP contribution in [0.15, 0.2) is 76.5 Å². The number of aromatic nitrogens is 21. The second-order valence-corrected chi connectivity index (χ2v) is 32.5. The molecule has 6 fully saturated rings. The SMILES string of the molecule is C[C@H](O)[C@H]1O[C@@H](n2ccc3c(=O)[nH]c(N)nc32)C(O)(C#CCl)[C@H]1O.C[C@H](O)[C@H]1O[C@@H](n2cnc3c(=S)nc(N)[nH]c32)C(O)(C#CCl)[C@H]1O.C[C@H](O)[C@H]1O[C@@H](n2cnc3cnc(N)nc32)C(O)(C#CCl)[C@H]1O.[2H]C([2H])(O)[C@H]1O[C@@H](n2cc(F)c3c(=O)[nH]c(N)nc32)C(O)(C#CCl)[C@H]1O.[2H]C([2H])(O)[C@H]1O[C@@H](n2ccc3c(=O)[nH]c(N)nc32)C(O)(C#CCl)[C@H]1O.[2H]C([2H])(O)[C@H]1O[C@@H](n2cnc3cnc(N)nc32)C(O)(C#CCl)[C@H]1O. The number of aromatic amines is 4. The minimum Gasteiger partial charge on any atom is -0.394 e. The summed E-state index contributed by atoms with van der Waals surface area (Å²) in [5.41, 5.74) is 19.5. The molecule has 27 atom stereocenters. The average molecular weight is 2100 g/mol. The van der Waals surface area contributed by atoms with Gasteiger partial charge in [0, 0.05) is 50.9 Å². The van der Waals surface area contributed by atoms with E-state index in [1.807, 2.05) is 21.5 Å². The lowest BCUT2D eigenvalue weighted by Gasteiger charge is -2.26. The van der Waals surface area contributed by atoms with E-state index in [0.29, 0.717) is 22.2 Å². The monoisotopic (exact) mass is 2090 g/mol. The van der Waals surface area contributed by atoms with Crippen LogP contribution in [0.5, 0.6) is 0 Å². The molecule has 0 amide bonds. The van der Waals surface area contributed by atoms with E-state index in [1.165, 1.54) is 94.9 Å². The molecule has 34 N–H and O–H groups in total. The van der Waals surface area contributed by atoms with Crippen LogP contribution in [0, 0.1) is 78.3 Å². The van der Waals surface area contributed by atoms with E-state index < -0.39 is 210 Å². The number of fused-ring (bicyclic) bond motifs is 6. The van der Waals surface area contributed by atoms with Crippen LogP contribution in [0.4, 0.5) is 40.1 Å². The number of H-pyrrole nitrogens is 4. The van der Waals surface area contributed by atoms with Crippen molar-refractivity contribution in [3.8, 4) is 67.8 Å². The summed E-state index contributed by atoms with van der Waals surface area (Å²) in [6, 6.07) is 2.83. The highest BCUT2D eigenvalue weighted by Crippen LogP contribution is 2.47. The molecule has 62 heteroatoms. The lowest BCUT2D eigenvalue weighted by molar-refractivity contribution is -0.0847. The predicted molar refractivity (Wildman–Crippen MR) is 488 cm³/mol. The molecule has 0 radical (unpaired) electrons. The fourth-order valence-electron chi connectivity index (χ4n) is 15.6. The number of hydrogen-bond acceptors (Lipinski definition) is 45. The molecule has 6 aliphatic rings. The number of aliphatic hydroxyl groups is 18. The van der Waals surface area contributed by atoms with Crippen molar-refractivity contribution >= 4 is 184 Å². The number of aliphatic hydroxyl groups excluding tert-OH is 9. The number of imidazole rings is 3. The first-order valence-corrected chi connectivity index (χ1v) is 42.2. The molecule has 6 saturated heterocycles. The molecule has 6 aliphatic heterocycles. The zero-order valence-electron chi connectivity index (χ0n) is 76.7. The van der Waals surface area contributed by atoms with Gasteiger partial charge in [0.1, 0.15) is 101 Å². The van der Waals surface area contributed by atoms with Gasteiger partial charge in [-0.2, -0.15) is 24.9 Å². The Balaban J connectivity index is 0.000000147. The summed E-state index contributed by atoms with van der Waals surface area (Å²) in [4.78, 5) is 88.8. The third-order valence-electron chi connectivity index (χ3n) is 22.2. The quantitative estimate of drug-likeness (QED) is 0.0399. The van der Waals surface area contributed by atoms with Crippen molar-refractivity contribution < 1.29 is 133 Å². The number of rotatable bonds is 12. The van der Waals surface area contributed by atoms with Crippen LogP contribution in [0.2, 0.25) is 0 Å². The standard InChI is InChI=1S/C14H15ClN4O5.C13H12ClFN4O5.C13H14ClN5O4S.C13H14ClN5O4.C13H13ClN4O5.C12H12ClN5O4/c1-6(20)8-9(21)14(23,3-4-15)12(24-8)19-5-2-7-10(19)17-13(16)18-11(7)22;14-2-1-13(23)8(21)6(4-20)24-11(13)19-3-5(15)7-9(19)17-12(16)18-10(7)22;1-5(20)7-8(21)13(22,2-3-14)11(23-7)19-4-16-6-9(19)17-12(15)18-10(6)24;1-6(20)8-9(21)13(22,2-3-14)11(23-8)19-5-17-7-4-16-12(15)18-10(7)19;14-3-2-13(22)8(20)7(5-19)23-11(13)18-4-1-6-9(18)16-12(15)17-10(6)21;13-2-1-12(21)8(20)7(4-19)22-10(12)18-5-16-6-3-15-11(14)17-9(6)18/h2,5-6,8-9,12,20-21,23H,1H3,(H3,16,17,18,22);3,6,8,11,20-21,23H,4H2,(H3,16,17,18,22);4-5,7-8,11,20-22H,1H3,(H3,15,17,18,24);4-6,8-9,11,20-22H,1H3,(H2,15,16,18);1,4,7-8,11,19-20,22H,5H2,(H3,15,16,17,21);3,5,7-8,10,19-21H,4H2,(H2,14,15,17)/t6-,8+,9-,12+,14?;6-,8+,11-,13?;5-,7+,8-,11+,13?;6-,8+,9-,11+,13?;7-,8+,11-,13?;7-,8+,10-,12?/m010011/s1/i;4D2;;;5D2;4D2. The number of nitrogens with zero attached hydrogens (tertiary/aromatic N) is 17. The highest BCUT2D eigenvalue weighted by Gasteiger charge is 2.63. The molecule has 0 spiro atoms. The molecule has 54 nitrogen and oxygen atoms in total. The maximum Gasteiger partial charge on any atom is 0.264 e. The van der Waals surface area contributed by atoms with E-state index in [9.17, 15) is 111 Å². The second kappa shape index (κ2) is 41.7. The first kappa shape index (κ1) is 96.9. The zero-order chi connectivity index (χ0) is 108. The first-order valence-electron chi connectivity index (χ1n) is 42.5. The Hall–Kier alpha value is -12.0. The minimum atomic E-state index is -3.08.